The summed E-state index contributed by atoms with van der Waals surface area (Å²) < 4.78 is 0. The molecule has 0 saturated carbocycles. The molecule has 1 aromatic carbocycles. The monoisotopic (exact) mass is 339 g/mol. The normalized spacial score (nSPS) is 17.0. The van der Waals surface area contributed by atoms with Crippen molar-refractivity contribution >= 4 is 29.9 Å². The van der Waals surface area contributed by atoms with Crippen LogP contribution in [0.25, 0.3) is 0 Å². The minimum Gasteiger partial charge on any atom is -0.339 e. The summed E-state index contributed by atoms with van der Waals surface area (Å²) in [4.78, 5) is 26.7. The first-order chi connectivity index (χ1) is 10.7. The average molecular weight is 340 g/mol. The summed E-state index contributed by atoms with van der Waals surface area (Å²) >= 11 is 0. The minimum absolute atomic E-state index is 0. The fourth-order valence-corrected chi connectivity index (χ4v) is 2.77. The molecule has 0 bridgehead atoms. The third kappa shape index (κ3) is 4.94. The summed E-state index contributed by atoms with van der Waals surface area (Å²) in [5, 5.41) is 6.18. The highest BCUT2D eigenvalue weighted by Gasteiger charge is 2.23. The van der Waals surface area contributed by atoms with Crippen molar-refractivity contribution in [1.82, 2.24) is 10.2 Å². The van der Waals surface area contributed by atoms with Crippen LogP contribution in [0.3, 0.4) is 0 Å². The molecule has 128 valence electrons. The van der Waals surface area contributed by atoms with Crippen LogP contribution < -0.4 is 10.6 Å². The van der Waals surface area contributed by atoms with Gasteiger partial charge >= 0.3 is 0 Å². The van der Waals surface area contributed by atoms with Gasteiger partial charge in [0.25, 0.3) is 5.91 Å². The molecule has 0 radical (unpaired) electrons. The zero-order chi connectivity index (χ0) is 15.9. The van der Waals surface area contributed by atoms with E-state index < -0.39 is 0 Å². The number of amides is 2. The molecule has 1 aliphatic heterocycles. The topological polar surface area (TPSA) is 61.4 Å². The van der Waals surface area contributed by atoms with Crippen molar-refractivity contribution in [1.29, 1.82) is 0 Å². The van der Waals surface area contributed by atoms with E-state index >= 15 is 0 Å². The molecule has 2 rings (SSSR count). The molecule has 6 heteroatoms. The lowest BCUT2D eigenvalue weighted by molar-refractivity contribution is -0.120. The largest absolute Gasteiger partial charge is 0.339 e. The Bertz CT molecular complexity index is 526. The van der Waals surface area contributed by atoms with Crippen LogP contribution >= 0.6 is 12.4 Å². The molecule has 1 fully saturated rings. The predicted octanol–water partition coefficient (Wildman–Crippen LogP) is 2.53. The van der Waals surface area contributed by atoms with E-state index in [2.05, 4.69) is 10.6 Å². The number of hydrogen-bond acceptors (Lipinski definition) is 3. The third-order valence-corrected chi connectivity index (χ3v) is 4.13. The van der Waals surface area contributed by atoms with Crippen LogP contribution in [0.5, 0.6) is 0 Å². The lowest BCUT2D eigenvalue weighted by atomic mass is 9.98. The molecule has 2 amide bonds. The summed E-state index contributed by atoms with van der Waals surface area (Å²) in [6, 6.07) is 7.24. The molecule has 1 aromatic rings. The van der Waals surface area contributed by atoms with Crippen LogP contribution in [0.1, 0.15) is 37.0 Å². The number of para-hydroxylation sites is 1. The SMILES string of the molecule is CCN(CC)C(=O)c1ccccc1NC(=O)C1CCCNC1.Cl. The Labute approximate surface area is 144 Å². The van der Waals surface area contributed by atoms with Gasteiger partial charge in [-0.15, -0.1) is 12.4 Å². The summed E-state index contributed by atoms with van der Waals surface area (Å²) in [5.74, 6) is -0.0694. The van der Waals surface area contributed by atoms with Gasteiger partial charge in [-0.1, -0.05) is 12.1 Å². The van der Waals surface area contributed by atoms with Crippen LogP contribution in [0.15, 0.2) is 24.3 Å². The first-order valence-corrected chi connectivity index (χ1v) is 8.07. The van der Waals surface area contributed by atoms with Crippen molar-refractivity contribution in [3.05, 3.63) is 29.8 Å². The zero-order valence-corrected chi connectivity index (χ0v) is 14.6. The lowest BCUT2D eigenvalue weighted by Gasteiger charge is -2.24. The van der Waals surface area contributed by atoms with E-state index in [0.29, 0.717) is 30.9 Å². The number of carbonyl (C=O) groups excluding carboxylic acids is 2. The van der Waals surface area contributed by atoms with Crippen LogP contribution in [0.4, 0.5) is 5.69 Å². The summed E-state index contributed by atoms with van der Waals surface area (Å²) in [6.45, 7) is 6.90. The number of carbonyl (C=O) groups is 2. The first kappa shape index (κ1) is 19.5. The predicted molar refractivity (Wildman–Crippen MR) is 95.2 cm³/mol. The molecular formula is C17H26ClN3O2. The van der Waals surface area contributed by atoms with Gasteiger partial charge in [-0.05, 0) is 45.4 Å². The average Bonchev–Trinajstić information content (AvgIpc) is 2.57. The van der Waals surface area contributed by atoms with Gasteiger partial charge in [0, 0.05) is 19.6 Å². The Hall–Kier alpha value is -1.59. The standard InChI is InChI=1S/C17H25N3O2.ClH/c1-3-20(4-2)17(22)14-9-5-6-10-15(14)19-16(21)13-8-7-11-18-12-13;/h5-6,9-10,13,18H,3-4,7-8,11-12H2,1-2H3,(H,19,21);1H. The van der Waals surface area contributed by atoms with Gasteiger partial charge < -0.3 is 15.5 Å². The molecule has 0 aromatic heterocycles. The number of piperidine rings is 1. The molecule has 5 nitrogen and oxygen atoms in total. The molecule has 2 N–H and O–H groups in total. The Balaban J connectivity index is 0.00000264. The number of halogens is 1. The van der Waals surface area contributed by atoms with Crippen molar-refractivity contribution < 1.29 is 9.59 Å². The van der Waals surface area contributed by atoms with Crippen LogP contribution in [0.2, 0.25) is 0 Å². The summed E-state index contributed by atoms with van der Waals surface area (Å²) in [6.07, 6.45) is 1.91. The summed E-state index contributed by atoms with van der Waals surface area (Å²) in [5.41, 5.74) is 1.17. The fraction of sp³-hybridized carbons (Fsp3) is 0.529. The van der Waals surface area contributed by atoms with Gasteiger partial charge in [0.15, 0.2) is 0 Å². The molecule has 1 aliphatic rings. The smallest absolute Gasteiger partial charge is 0.255 e. The number of nitrogens with one attached hydrogen (secondary N) is 2. The number of benzene rings is 1. The number of anilines is 1. The highest BCUT2D eigenvalue weighted by Crippen LogP contribution is 2.20. The van der Waals surface area contributed by atoms with Gasteiger partial charge in [-0.2, -0.15) is 0 Å². The van der Waals surface area contributed by atoms with Crippen molar-refractivity contribution in [2.45, 2.75) is 26.7 Å². The maximum Gasteiger partial charge on any atom is 0.255 e. The maximum absolute atomic E-state index is 12.5. The van der Waals surface area contributed by atoms with E-state index in [0.717, 1.165) is 19.4 Å². The van der Waals surface area contributed by atoms with Crippen LogP contribution in [-0.4, -0.2) is 42.9 Å². The van der Waals surface area contributed by atoms with Crippen LogP contribution in [0, 0.1) is 5.92 Å². The fourth-order valence-electron chi connectivity index (χ4n) is 2.77. The summed E-state index contributed by atoms with van der Waals surface area (Å²) in [7, 11) is 0. The molecule has 1 saturated heterocycles. The van der Waals surface area contributed by atoms with E-state index in [-0.39, 0.29) is 30.1 Å². The first-order valence-electron chi connectivity index (χ1n) is 8.07. The van der Waals surface area contributed by atoms with Gasteiger partial charge in [0.05, 0.1) is 17.2 Å². The Morgan fingerprint density at radius 3 is 2.57 bits per heavy atom. The highest BCUT2D eigenvalue weighted by molar-refractivity contribution is 6.04. The quantitative estimate of drug-likeness (QED) is 0.866. The number of hydrogen-bond donors (Lipinski definition) is 2. The minimum atomic E-state index is -0.0392. The number of nitrogens with zero attached hydrogens (tertiary/aromatic N) is 1. The number of rotatable bonds is 5. The van der Waals surface area contributed by atoms with E-state index in [1.54, 1.807) is 17.0 Å². The third-order valence-electron chi connectivity index (χ3n) is 4.13. The van der Waals surface area contributed by atoms with Gasteiger partial charge in [-0.3, -0.25) is 9.59 Å². The highest BCUT2D eigenvalue weighted by atomic mass is 35.5. The Morgan fingerprint density at radius 2 is 1.96 bits per heavy atom. The molecule has 1 heterocycles. The lowest BCUT2D eigenvalue weighted by Crippen LogP contribution is -2.37. The van der Waals surface area contributed by atoms with E-state index in [4.69, 9.17) is 0 Å². The second-order valence-electron chi connectivity index (χ2n) is 5.56. The van der Waals surface area contributed by atoms with E-state index in [9.17, 15) is 9.59 Å². The maximum atomic E-state index is 12.5. The van der Waals surface area contributed by atoms with Crippen LogP contribution in [-0.2, 0) is 4.79 Å². The molecule has 0 aliphatic carbocycles. The van der Waals surface area contributed by atoms with Crippen molar-refractivity contribution in [2.75, 3.05) is 31.5 Å². The van der Waals surface area contributed by atoms with Crippen molar-refractivity contribution in [3.63, 3.8) is 0 Å². The van der Waals surface area contributed by atoms with Crippen molar-refractivity contribution in [2.24, 2.45) is 5.92 Å². The van der Waals surface area contributed by atoms with E-state index in [1.807, 2.05) is 26.0 Å². The molecular weight excluding hydrogens is 314 g/mol. The van der Waals surface area contributed by atoms with Gasteiger partial charge in [0.2, 0.25) is 5.91 Å². The Morgan fingerprint density at radius 1 is 1.26 bits per heavy atom. The van der Waals surface area contributed by atoms with Gasteiger partial charge in [-0.25, -0.2) is 0 Å². The molecule has 1 unspecified atom stereocenters. The van der Waals surface area contributed by atoms with E-state index in [1.165, 1.54) is 0 Å². The second kappa shape index (κ2) is 9.53. The van der Waals surface area contributed by atoms with Gasteiger partial charge in [0.1, 0.15) is 0 Å². The molecule has 23 heavy (non-hydrogen) atoms. The Kier molecular flexibility index (Phi) is 8.06. The second-order valence-corrected chi connectivity index (χ2v) is 5.56. The molecule has 0 spiro atoms. The van der Waals surface area contributed by atoms with Crippen molar-refractivity contribution in [3.8, 4) is 0 Å². The zero-order valence-electron chi connectivity index (χ0n) is 13.8. The molecule has 1 atom stereocenters.